The third kappa shape index (κ3) is 5.47. The first-order valence-electron chi connectivity index (χ1n) is 5.90. The van der Waals surface area contributed by atoms with Crippen molar-refractivity contribution in [2.45, 2.75) is 46.1 Å². The number of amides is 1. The van der Waals surface area contributed by atoms with Crippen molar-refractivity contribution in [2.75, 3.05) is 20.2 Å². The minimum Gasteiger partial charge on any atom is -0.394 e. The molecule has 0 fully saturated rings. The van der Waals surface area contributed by atoms with Crippen LogP contribution in [0.1, 0.15) is 40.0 Å². The van der Waals surface area contributed by atoms with Gasteiger partial charge in [-0.1, -0.05) is 13.8 Å². The highest BCUT2D eigenvalue weighted by Gasteiger charge is 2.21. The molecule has 0 aromatic rings. The van der Waals surface area contributed by atoms with E-state index in [1.54, 1.807) is 11.9 Å². The van der Waals surface area contributed by atoms with E-state index in [1.807, 2.05) is 6.92 Å². The van der Waals surface area contributed by atoms with Crippen molar-refractivity contribution in [3.8, 4) is 0 Å². The Morgan fingerprint density at radius 3 is 2.44 bits per heavy atom. The predicted octanol–water partition coefficient (Wildman–Crippen LogP) is 0.981. The van der Waals surface area contributed by atoms with Crippen molar-refractivity contribution in [3.63, 3.8) is 0 Å². The number of aliphatic hydroxyl groups is 1. The van der Waals surface area contributed by atoms with Gasteiger partial charge < -0.3 is 15.7 Å². The summed E-state index contributed by atoms with van der Waals surface area (Å²) in [6, 6.07) is -0.106. The summed E-state index contributed by atoms with van der Waals surface area (Å²) in [7, 11) is 1.74. The lowest BCUT2D eigenvalue weighted by molar-refractivity contribution is -0.133. The average Bonchev–Trinajstić information content (AvgIpc) is 2.23. The normalized spacial score (nSPS) is 13.6. The highest BCUT2D eigenvalue weighted by molar-refractivity contribution is 5.76. The maximum Gasteiger partial charge on any atom is 0.222 e. The molecule has 0 aromatic carbocycles. The Hall–Kier alpha value is -0.610. The molecule has 1 amide bonds. The monoisotopic (exact) mass is 230 g/mol. The number of nitrogens with zero attached hydrogens (tertiary/aromatic N) is 1. The topological polar surface area (TPSA) is 66.6 Å². The number of hydrogen-bond donors (Lipinski definition) is 2. The summed E-state index contributed by atoms with van der Waals surface area (Å²) >= 11 is 0. The van der Waals surface area contributed by atoms with Crippen LogP contribution < -0.4 is 5.73 Å². The Morgan fingerprint density at radius 1 is 1.44 bits per heavy atom. The average molecular weight is 230 g/mol. The number of likely N-dealkylation sites (N-methyl/N-ethyl adjacent to an activating group) is 1. The van der Waals surface area contributed by atoms with Crippen molar-refractivity contribution in [3.05, 3.63) is 0 Å². The summed E-state index contributed by atoms with van der Waals surface area (Å²) in [5.41, 5.74) is 5.64. The molecule has 0 heterocycles. The molecule has 96 valence electrons. The number of nitrogens with two attached hydrogens (primary N) is 1. The summed E-state index contributed by atoms with van der Waals surface area (Å²) < 4.78 is 0. The molecule has 0 bridgehead atoms. The Kier molecular flexibility index (Phi) is 6.60. The van der Waals surface area contributed by atoms with Crippen molar-refractivity contribution in [1.82, 2.24) is 4.90 Å². The van der Waals surface area contributed by atoms with Crippen LogP contribution in [0.5, 0.6) is 0 Å². The summed E-state index contributed by atoms with van der Waals surface area (Å²) in [6.07, 6.45) is 2.29. The van der Waals surface area contributed by atoms with Gasteiger partial charge in [-0.05, 0) is 31.7 Å². The number of carbonyl (C=O) groups is 1. The van der Waals surface area contributed by atoms with Gasteiger partial charge in [0, 0.05) is 13.5 Å². The van der Waals surface area contributed by atoms with Crippen molar-refractivity contribution < 1.29 is 9.90 Å². The van der Waals surface area contributed by atoms with Crippen LogP contribution in [-0.2, 0) is 4.79 Å². The van der Waals surface area contributed by atoms with E-state index in [4.69, 9.17) is 10.8 Å². The number of hydrogen-bond acceptors (Lipinski definition) is 3. The Labute approximate surface area is 98.8 Å². The number of aliphatic hydroxyl groups excluding tert-OH is 1. The van der Waals surface area contributed by atoms with Gasteiger partial charge in [0.15, 0.2) is 0 Å². The quantitative estimate of drug-likeness (QED) is 0.685. The van der Waals surface area contributed by atoms with Crippen LogP contribution in [0, 0.1) is 5.41 Å². The zero-order valence-corrected chi connectivity index (χ0v) is 11.0. The number of carbonyl (C=O) groups excluding carboxylic acids is 1. The highest BCUT2D eigenvalue weighted by atomic mass is 16.3. The Balaban J connectivity index is 4.06. The first-order chi connectivity index (χ1) is 7.34. The first-order valence-corrected chi connectivity index (χ1v) is 5.90. The Morgan fingerprint density at radius 2 is 2.00 bits per heavy atom. The zero-order chi connectivity index (χ0) is 12.8. The van der Waals surface area contributed by atoms with Crippen LogP contribution in [0.3, 0.4) is 0 Å². The summed E-state index contributed by atoms with van der Waals surface area (Å²) in [6.45, 7) is 6.76. The minimum atomic E-state index is -0.106. The molecule has 0 spiro atoms. The third-order valence-electron chi connectivity index (χ3n) is 3.16. The molecule has 0 aromatic heterocycles. The molecular weight excluding hydrogens is 204 g/mol. The van der Waals surface area contributed by atoms with E-state index < -0.39 is 0 Å². The SMILES string of the molecule is CC(CO)N(C)C(=O)CCC(C)(C)CCN. The lowest BCUT2D eigenvalue weighted by atomic mass is 9.84. The van der Waals surface area contributed by atoms with Gasteiger partial charge in [0.1, 0.15) is 0 Å². The van der Waals surface area contributed by atoms with Crippen LogP contribution in [0.2, 0.25) is 0 Å². The van der Waals surface area contributed by atoms with Crippen molar-refractivity contribution in [2.24, 2.45) is 11.1 Å². The van der Waals surface area contributed by atoms with Gasteiger partial charge in [-0.2, -0.15) is 0 Å². The predicted molar refractivity (Wildman–Crippen MR) is 66.0 cm³/mol. The molecule has 1 unspecified atom stereocenters. The van der Waals surface area contributed by atoms with Gasteiger partial charge in [-0.25, -0.2) is 0 Å². The van der Waals surface area contributed by atoms with Crippen LogP contribution in [0.4, 0.5) is 0 Å². The van der Waals surface area contributed by atoms with Crippen LogP contribution in [0.25, 0.3) is 0 Å². The van der Waals surface area contributed by atoms with Gasteiger partial charge >= 0.3 is 0 Å². The lowest BCUT2D eigenvalue weighted by Gasteiger charge is -2.27. The minimum absolute atomic E-state index is 0.00837. The molecular formula is C12H26N2O2. The zero-order valence-electron chi connectivity index (χ0n) is 11.0. The second kappa shape index (κ2) is 6.86. The highest BCUT2D eigenvalue weighted by Crippen LogP contribution is 2.26. The van der Waals surface area contributed by atoms with E-state index in [1.165, 1.54) is 0 Å². The first kappa shape index (κ1) is 15.4. The third-order valence-corrected chi connectivity index (χ3v) is 3.16. The summed E-state index contributed by atoms with van der Waals surface area (Å²) in [5.74, 6) is 0.0895. The van der Waals surface area contributed by atoms with E-state index in [-0.39, 0.29) is 24.0 Å². The standard InChI is InChI=1S/C12H26N2O2/c1-10(9-15)14(4)11(16)5-6-12(2,3)7-8-13/h10,15H,5-9,13H2,1-4H3. The molecule has 1 atom stereocenters. The number of rotatable bonds is 7. The molecule has 0 rings (SSSR count). The largest absolute Gasteiger partial charge is 0.394 e. The molecule has 4 heteroatoms. The van der Waals surface area contributed by atoms with Crippen LogP contribution in [0.15, 0.2) is 0 Å². The fraction of sp³-hybridized carbons (Fsp3) is 0.917. The smallest absolute Gasteiger partial charge is 0.222 e. The summed E-state index contributed by atoms with van der Waals surface area (Å²) in [5, 5.41) is 8.96. The molecule has 0 saturated heterocycles. The molecule has 0 saturated carbocycles. The second-order valence-electron chi connectivity index (χ2n) is 5.24. The maximum atomic E-state index is 11.8. The van der Waals surface area contributed by atoms with E-state index in [0.717, 1.165) is 12.8 Å². The molecule has 0 aliphatic rings. The van der Waals surface area contributed by atoms with E-state index in [0.29, 0.717) is 13.0 Å². The van der Waals surface area contributed by atoms with Gasteiger partial charge in [0.05, 0.1) is 12.6 Å². The molecule has 16 heavy (non-hydrogen) atoms. The molecule has 3 N–H and O–H groups in total. The van der Waals surface area contributed by atoms with Crippen molar-refractivity contribution >= 4 is 5.91 Å². The van der Waals surface area contributed by atoms with Gasteiger partial charge in [0.25, 0.3) is 0 Å². The Bertz CT molecular complexity index is 217. The molecule has 0 aliphatic carbocycles. The van der Waals surface area contributed by atoms with Gasteiger partial charge in [-0.15, -0.1) is 0 Å². The van der Waals surface area contributed by atoms with Crippen molar-refractivity contribution in [1.29, 1.82) is 0 Å². The molecule has 0 aliphatic heterocycles. The lowest BCUT2D eigenvalue weighted by Crippen LogP contribution is -2.37. The fourth-order valence-electron chi connectivity index (χ4n) is 1.51. The van der Waals surface area contributed by atoms with E-state index in [9.17, 15) is 4.79 Å². The second-order valence-corrected chi connectivity index (χ2v) is 5.24. The van der Waals surface area contributed by atoms with Crippen LogP contribution >= 0.6 is 0 Å². The fourth-order valence-corrected chi connectivity index (χ4v) is 1.51. The molecule has 4 nitrogen and oxygen atoms in total. The van der Waals surface area contributed by atoms with E-state index in [2.05, 4.69) is 13.8 Å². The van der Waals surface area contributed by atoms with Crippen LogP contribution in [-0.4, -0.2) is 42.2 Å². The van der Waals surface area contributed by atoms with Gasteiger partial charge in [-0.3, -0.25) is 4.79 Å². The maximum absolute atomic E-state index is 11.8. The molecule has 0 radical (unpaired) electrons. The van der Waals surface area contributed by atoms with E-state index >= 15 is 0 Å². The van der Waals surface area contributed by atoms with Gasteiger partial charge in [0.2, 0.25) is 5.91 Å². The summed E-state index contributed by atoms with van der Waals surface area (Å²) in [4.78, 5) is 13.4.